The number of hydrogen-bond donors (Lipinski definition) is 2. The van der Waals surface area contributed by atoms with Gasteiger partial charge in [-0.1, -0.05) is 6.92 Å². The monoisotopic (exact) mass is 204 g/mol. The highest BCUT2D eigenvalue weighted by Gasteiger charge is 2.04. The maximum absolute atomic E-state index is 11.1. The summed E-state index contributed by atoms with van der Waals surface area (Å²) in [7, 11) is 0. The normalized spacial score (nSPS) is 12.2. The molecule has 2 amide bonds. The second-order valence-electron chi connectivity index (χ2n) is 2.89. The molecule has 0 saturated carbocycles. The fourth-order valence-corrected chi connectivity index (χ4v) is 1.72. The molecule has 0 fully saturated rings. The molecule has 0 aromatic rings. The molecule has 0 aliphatic carbocycles. The predicted octanol–water partition coefficient (Wildman–Crippen LogP) is 1.84. The number of amides is 2. The molecule has 0 aromatic heterocycles. The van der Waals surface area contributed by atoms with Crippen LogP contribution in [0.2, 0.25) is 0 Å². The maximum Gasteiger partial charge on any atom is 0.314 e. The van der Waals surface area contributed by atoms with Crippen molar-refractivity contribution in [2.45, 2.75) is 33.2 Å². The van der Waals surface area contributed by atoms with Crippen LogP contribution in [0.25, 0.3) is 0 Å². The van der Waals surface area contributed by atoms with Gasteiger partial charge >= 0.3 is 6.03 Å². The molecule has 0 rings (SSSR count). The second-order valence-corrected chi connectivity index (χ2v) is 4.28. The summed E-state index contributed by atoms with van der Waals surface area (Å²) in [6, 6.07) is 0.210. The van der Waals surface area contributed by atoms with Crippen LogP contribution in [0.15, 0.2) is 0 Å². The molecular formula is C9H20N2OS. The van der Waals surface area contributed by atoms with Crippen LogP contribution in [0.5, 0.6) is 0 Å². The van der Waals surface area contributed by atoms with Gasteiger partial charge in [0.1, 0.15) is 0 Å². The molecule has 2 N–H and O–H groups in total. The first-order chi connectivity index (χ1) is 6.20. The van der Waals surface area contributed by atoms with Crippen molar-refractivity contribution in [3.8, 4) is 0 Å². The molecule has 78 valence electrons. The van der Waals surface area contributed by atoms with Crippen LogP contribution in [0.4, 0.5) is 4.79 Å². The average molecular weight is 204 g/mol. The first kappa shape index (κ1) is 12.6. The topological polar surface area (TPSA) is 41.1 Å². The third kappa shape index (κ3) is 7.96. The summed E-state index contributed by atoms with van der Waals surface area (Å²) in [6.07, 6.45) is 1.04. The molecule has 4 heteroatoms. The van der Waals surface area contributed by atoms with Crippen LogP contribution in [-0.4, -0.2) is 30.1 Å². The Balaban J connectivity index is 3.38. The largest absolute Gasteiger partial charge is 0.338 e. The van der Waals surface area contributed by atoms with Crippen LogP contribution < -0.4 is 10.6 Å². The third-order valence-corrected chi connectivity index (χ3v) is 2.55. The fraction of sp³-hybridized carbons (Fsp3) is 0.889. The SMILES string of the molecule is CCNC(=O)NC(C)CCSCC. The van der Waals surface area contributed by atoms with Crippen LogP contribution in [0, 0.1) is 0 Å². The molecule has 0 saturated heterocycles. The van der Waals surface area contributed by atoms with Gasteiger partial charge in [-0.25, -0.2) is 4.79 Å². The van der Waals surface area contributed by atoms with Crippen molar-refractivity contribution in [3.63, 3.8) is 0 Å². The molecule has 0 aromatic carbocycles. The summed E-state index contributed by atoms with van der Waals surface area (Å²) < 4.78 is 0. The van der Waals surface area contributed by atoms with E-state index in [0.717, 1.165) is 17.9 Å². The van der Waals surface area contributed by atoms with Gasteiger partial charge in [-0.15, -0.1) is 0 Å². The number of nitrogens with one attached hydrogen (secondary N) is 2. The number of carbonyl (C=O) groups excluding carboxylic acids is 1. The van der Waals surface area contributed by atoms with Crippen LogP contribution in [-0.2, 0) is 0 Å². The maximum atomic E-state index is 11.1. The first-order valence-corrected chi connectivity index (χ1v) is 5.98. The van der Waals surface area contributed by atoms with E-state index in [2.05, 4.69) is 17.6 Å². The Labute approximate surface area is 85.0 Å². The lowest BCUT2D eigenvalue weighted by molar-refractivity contribution is 0.238. The number of carbonyl (C=O) groups is 1. The molecule has 0 bridgehead atoms. The highest BCUT2D eigenvalue weighted by atomic mass is 32.2. The summed E-state index contributed by atoms with van der Waals surface area (Å²) in [5.74, 6) is 2.26. The van der Waals surface area contributed by atoms with E-state index < -0.39 is 0 Å². The van der Waals surface area contributed by atoms with Crippen molar-refractivity contribution >= 4 is 17.8 Å². The van der Waals surface area contributed by atoms with E-state index in [1.54, 1.807) is 0 Å². The Morgan fingerprint density at radius 3 is 2.69 bits per heavy atom. The summed E-state index contributed by atoms with van der Waals surface area (Å²) >= 11 is 1.91. The van der Waals surface area contributed by atoms with Gasteiger partial charge in [-0.05, 0) is 31.8 Å². The second kappa shape index (κ2) is 8.23. The number of rotatable bonds is 6. The van der Waals surface area contributed by atoms with Gasteiger partial charge in [-0.3, -0.25) is 0 Å². The fourth-order valence-electron chi connectivity index (χ4n) is 0.912. The zero-order chi connectivity index (χ0) is 10.1. The third-order valence-electron chi connectivity index (χ3n) is 1.61. The van der Waals surface area contributed by atoms with Crippen LogP contribution >= 0.6 is 11.8 Å². The van der Waals surface area contributed by atoms with E-state index in [9.17, 15) is 4.79 Å². The molecule has 0 aliphatic heterocycles. The van der Waals surface area contributed by atoms with Gasteiger partial charge < -0.3 is 10.6 Å². The Kier molecular flexibility index (Phi) is 7.99. The average Bonchev–Trinajstić information content (AvgIpc) is 2.05. The zero-order valence-electron chi connectivity index (χ0n) is 8.72. The summed E-state index contributed by atoms with van der Waals surface area (Å²) in [6.45, 7) is 6.78. The molecule has 0 radical (unpaired) electrons. The van der Waals surface area contributed by atoms with E-state index in [4.69, 9.17) is 0 Å². The van der Waals surface area contributed by atoms with Crippen molar-refractivity contribution in [3.05, 3.63) is 0 Å². The van der Waals surface area contributed by atoms with Crippen molar-refractivity contribution in [1.82, 2.24) is 10.6 Å². The summed E-state index contributed by atoms with van der Waals surface area (Å²) in [5.41, 5.74) is 0. The van der Waals surface area contributed by atoms with Crippen molar-refractivity contribution < 1.29 is 4.79 Å². The van der Waals surface area contributed by atoms with Gasteiger partial charge in [0.25, 0.3) is 0 Å². The minimum absolute atomic E-state index is 0.0588. The first-order valence-electron chi connectivity index (χ1n) is 4.82. The summed E-state index contributed by atoms with van der Waals surface area (Å²) in [5, 5.41) is 5.59. The van der Waals surface area contributed by atoms with E-state index in [0.29, 0.717) is 6.54 Å². The highest BCUT2D eigenvalue weighted by molar-refractivity contribution is 7.99. The molecule has 1 atom stereocenters. The molecular weight excluding hydrogens is 184 g/mol. The number of thioether (sulfide) groups is 1. The van der Waals surface area contributed by atoms with Gasteiger partial charge in [0.05, 0.1) is 0 Å². The van der Waals surface area contributed by atoms with Crippen LogP contribution in [0.3, 0.4) is 0 Å². The lowest BCUT2D eigenvalue weighted by Crippen LogP contribution is -2.40. The van der Waals surface area contributed by atoms with Crippen molar-refractivity contribution in [2.75, 3.05) is 18.1 Å². The van der Waals surface area contributed by atoms with E-state index >= 15 is 0 Å². The van der Waals surface area contributed by atoms with Crippen molar-refractivity contribution in [1.29, 1.82) is 0 Å². The minimum atomic E-state index is -0.0588. The number of urea groups is 1. The molecule has 13 heavy (non-hydrogen) atoms. The molecule has 0 aliphatic rings. The van der Waals surface area contributed by atoms with E-state index in [1.807, 2.05) is 25.6 Å². The highest BCUT2D eigenvalue weighted by Crippen LogP contribution is 2.03. The van der Waals surface area contributed by atoms with Gasteiger partial charge in [0.15, 0.2) is 0 Å². The smallest absolute Gasteiger partial charge is 0.314 e. The number of hydrogen-bond acceptors (Lipinski definition) is 2. The Morgan fingerprint density at radius 1 is 1.46 bits per heavy atom. The minimum Gasteiger partial charge on any atom is -0.338 e. The van der Waals surface area contributed by atoms with E-state index in [-0.39, 0.29) is 12.1 Å². The molecule has 3 nitrogen and oxygen atoms in total. The molecule has 0 heterocycles. The Bertz CT molecular complexity index is 142. The van der Waals surface area contributed by atoms with Gasteiger partial charge in [0, 0.05) is 12.6 Å². The van der Waals surface area contributed by atoms with Gasteiger partial charge in [-0.2, -0.15) is 11.8 Å². The van der Waals surface area contributed by atoms with E-state index in [1.165, 1.54) is 0 Å². The zero-order valence-corrected chi connectivity index (χ0v) is 9.54. The Morgan fingerprint density at radius 2 is 2.15 bits per heavy atom. The quantitative estimate of drug-likeness (QED) is 0.648. The Hall–Kier alpha value is -0.380. The predicted molar refractivity (Wildman–Crippen MR) is 59.3 cm³/mol. The van der Waals surface area contributed by atoms with Gasteiger partial charge in [0.2, 0.25) is 0 Å². The van der Waals surface area contributed by atoms with Crippen LogP contribution in [0.1, 0.15) is 27.2 Å². The molecule has 0 spiro atoms. The van der Waals surface area contributed by atoms with Crippen molar-refractivity contribution in [2.24, 2.45) is 0 Å². The lowest BCUT2D eigenvalue weighted by Gasteiger charge is -2.13. The lowest BCUT2D eigenvalue weighted by atomic mass is 10.3. The standard InChI is InChI=1S/C9H20N2OS/c1-4-10-9(12)11-8(3)6-7-13-5-2/h8H,4-7H2,1-3H3,(H2,10,11,12). The summed E-state index contributed by atoms with van der Waals surface area (Å²) in [4.78, 5) is 11.1. The molecule has 1 unspecified atom stereocenters.